The van der Waals surface area contributed by atoms with Crippen molar-refractivity contribution < 1.29 is 13.9 Å². The third-order valence-corrected chi connectivity index (χ3v) is 6.58. The molecular formula is C23H23BrFN7O2. The van der Waals surface area contributed by atoms with Crippen LogP contribution in [0.25, 0.3) is 27.6 Å². The first kappa shape index (κ1) is 22.6. The highest BCUT2D eigenvalue weighted by molar-refractivity contribution is 9.10. The van der Waals surface area contributed by atoms with Crippen LogP contribution >= 0.6 is 15.9 Å². The van der Waals surface area contributed by atoms with Gasteiger partial charge in [-0.3, -0.25) is 9.78 Å². The molecule has 5 rings (SSSR count). The summed E-state index contributed by atoms with van der Waals surface area (Å²) in [5.41, 5.74) is 1.94. The van der Waals surface area contributed by atoms with Crippen molar-refractivity contribution in [3.8, 4) is 5.69 Å². The molecule has 0 spiro atoms. The number of aromatic nitrogens is 5. The fourth-order valence-electron chi connectivity index (χ4n) is 4.28. The second-order valence-electron chi connectivity index (χ2n) is 8.30. The van der Waals surface area contributed by atoms with E-state index < -0.39 is 0 Å². The maximum Gasteiger partial charge on any atom is 0.224 e. The molecule has 0 unspecified atom stereocenters. The molecule has 3 heterocycles. The lowest BCUT2D eigenvalue weighted by Crippen LogP contribution is -2.32. The summed E-state index contributed by atoms with van der Waals surface area (Å²) in [5.74, 6) is 0.155. The normalized spacial score (nSPS) is 18.0. The molecule has 0 aliphatic heterocycles. The van der Waals surface area contributed by atoms with E-state index in [0.717, 1.165) is 18.2 Å². The number of methoxy groups -OCH3 is 1. The SMILES string of the molecule is COCCNC(=O)[C@@H]1CC[C@@H](Nc2ncc3c(Br)nn(-c4cnc5ccc(F)cc5c4)c3n2)C1. The molecule has 0 bridgehead atoms. The molecule has 3 aromatic heterocycles. The number of amides is 1. The zero-order valence-corrected chi connectivity index (χ0v) is 20.0. The lowest BCUT2D eigenvalue weighted by molar-refractivity contribution is -0.125. The summed E-state index contributed by atoms with van der Waals surface area (Å²) in [5, 5.41) is 12.2. The Morgan fingerprint density at radius 1 is 1.26 bits per heavy atom. The number of fused-ring (bicyclic) bond motifs is 2. The number of nitrogens with zero attached hydrogens (tertiary/aromatic N) is 5. The van der Waals surface area contributed by atoms with Gasteiger partial charge in [-0.2, -0.15) is 10.1 Å². The molecule has 11 heteroatoms. The molecule has 1 fully saturated rings. The summed E-state index contributed by atoms with van der Waals surface area (Å²) < 4.78 is 21.0. The van der Waals surface area contributed by atoms with Crippen LogP contribution in [-0.4, -0.2) is 56.9 Å². The highest BCUT2D eigenvalue weighted by Gasteiger charge is 2.30. The number of rotatable bonds is 7. The third kappa shape index (κ3) is 4.58. The molecule has 2 atom stereocenters. The van der Waals surface area contributed by atoms with Crippen molar-refractivity contribution in [2.75, 3.05) is 25.6 Å². The molecule has 0 saturated heterocycles. The molecule has 1 aliphatic carbocycles. The maximum absolute atomic E-state index is 13.7. The fraction of sp³-hybridized carbons (Fsp3) is 0.348. The van der Waals surface area contributed by atoms with E-state index in [2.05, 4.69) is 41.6 Å². The van der Waals surface area contributed by atoms with E-state index in [-0.39, 0.29) is 23.7 Å². The minimum atomic E-state index is -0.325. The van der Waals surface area contributed by atoms with E-state index in [1.165, 1.54) is 12.1 Å². The number of hydrogen-bond donors (Lipinski definition) is 2. The molecule has 0 radical (unpaired) electrons. The number of nitrogens with one attached hydrogen (secondary N) is 2. The van der Waals surface area contributed by atoms with Gasteiger partial charge in [-0.25, -0.2) is 14.1 Å². The van der Waals surface area contributed by atoms with Crippen LogP contribution in [0, 0.1) is 11.7 Å². The van der Waals surface area contributed by atoms with Gasteiger partial charge < -0.3 is 15.4 Å². The smallest absolute Gasteiger partial charge is 0.224 e. The largest absolute Gasteiger partial charge is 0.383 e. The number of carbonyl (C=O) groups excluding carboxylic acids is 1. The molecule has 1 aromatic carbocycles. The van der Waals surface area contributed by atoms with Crippen molar-refractivity contribution >= 4 is 49.7 Å². The highest BCUT2D eigenvalue weighted by atomic mass is 79.9. The van der Waals surface area contributed by atoms with Crippen LogP contribution in [0.3, 0.4) is 0 Å². The lowest BCUT2D eigenvalue weighted by Gasteiger charge is -2.14. The molecular weight excluding hydrogens is 505 g/mol. The number of carbonyl (C=O) groups is 1. The summed E-state index contributed by atoms with van der Waals surface area (Å²) in [6.45, 7) is 1.01. The predicted octanol–water partition coefficient (Wildman–Crippen LogP) is 3.61. The van der Waals surface area contributed by atoms with Gasteiger partial charge >= 0.3 is 0 Å². The van der Waals surface area contributed by atoms with Gasteiger partial charge in [-0.05, 0) is 59.5 Å². The second-order valence-corrected chi connectivity index (χ2v) is 9.05. The third-order valence-electron chi connectivity index (χ3n) is 5.99. The Morgan fingerprint density at radius 2 is 2.15 bits per heavy atom. The summed E-state index contributed by atoms with van der Waals surface area (Å²) in [4.78, 5) is 25.9. The van der Waals surface area contributed by atoms with Gasteiger partial charge in [0.05, 0.1) is 29.4 Å². The Labute approximate surface area is 203 Å². The average molecular weight is 528 g/mol. The van der Waals surface area contributed by atoms with Crippen LogP contribution in [0.15, 0.2) is 41.3 Å². The maximum atomic E-state index is 13.7. The van der Waals surface area contributed by atoms with E-state index in [0.29, 0.717) is 52.4 Å². The first-order chi connectivity index (χ1) is 16.5. The number of anilines is 1. The minimum absolute atomic E-state index is 0.0400. The number of ether oxygens (including phenoxy) is 1. The van der Waals surface area contributed by atoms with Crippen LogP contribution in [0.4, 0.5) is 10.3 Å². The van der Waals surface area contributed by atoms with Gasteiger partial charge in [0.25, 0.3) is 0 Å². The molecule has 1 aliphatic rings. The van der Waals surface area contributed by atoms with E-state index >= 15 is 0 Å². The molecule has 1 amide bonds. The van der Waals surface area contributed by atoms with Crippen molar-refractivity contribution in [3.63, 3.8) is 0 Å². The highest BCUT2D eigenvalue weighted by Crippen LogP contribution is 2.29. The van der Waals surface area contributed by atoms with Crippen LogP contribution in [-0.2, 0) is 9.53 Å². The topological polar surface area (TPSA) is 107 Å². The van der Waals surface area contributed by atoms with Gasteiger partial charge in [0.2, 0.25) is 11.9 Å². The zero-order chi connectivity index (χ0) is 23.7. The predicted molar refractivity (Wildman–Crippen MR) is 129 cm³/mol. The number of halogens is 2. The van der Waals surface area contributed by atoms with Crippen molar-refractivity contribution in [3.05, 3.63) is 47.1 Å². The van der Waals surface area contributed by atoms with E-state index in [1.807, 2.05) is 6.07 Å². The summed E-state index contributed by atoms with van der Waals surface area (Å²) in [7, 11) is 1.61. The van der Waals surface area contributed by atoms with Crippen molar-refractivity contribution in [1.29, 1.82) is 0 Å². The Balaban J connectivity index is 1.37. The fourth-order valence-corrected chi connectivity index (χ4v) is 4.72. The van der Waals surface area contributed by atoms with Crippen LogP contribution in [0.1, 0.15) is 19.3 Å². The van der Waals surface area contributed by atoms with Crippen molar-refractivity contribution in [1.82, 2.24) is 30.0 Å². The Hall–Kier alpha value is -3.18. The van der Waals surface area contributed by atoms with Gasteiger partial charge in [-0.1, -0.05) is 0 Å². The van der Waals surface area contributed by atoms with Gasteiger partial charge in [-0.15, -0.1) is 0 Å². The first-order valence-corrected chi connectivity index (χ1v) is 11.8. The number of pyridine rings is 1. The molecule has 2 N–H and O–H groups in total. The lowest BCUT2D eigenvalue weighted by atomic mass is 10.1. The van der Waals surface area contributed by atoms with Gasteiger partial charge in [0.1, 0.15) is 10.4 Å². The van der Waals surface area contributed by atoms with Crippen molar-refractivity contribution in [2.45, 2.75) is 25.3 Å². The Bertz CT molecular complexity index is 1360. The Morgan fingerprint density at radius 3 is 3.00 bits per heavy atom. The molecule has 1 saturated carbocycles. The standard InChI is InChI=1S/C23H23BrFN7O2/c1-34-7-6-26-22(33)13-2-4-16(9-13)29-23-28-12-18-20(24)31-32(21(18)30-23)17-10-14-8-15(25)3-5-19(14)27-11-17/h3,5,8,10-13,16H,2,4,6-7,9H2,1H3,(H,26,33)(H,28,29,30)/t13-,16-/m1/s1. The monoisotopic (exact) mass is 527 g/mol. The molecule has 176 valence electrons. The van der Waals surface area contributed by atoms with E-state index in [4.69, 9.17) is 9.72 Å². The summed E-state index contributed by atoms with van der Waals surface area (Å²) in [6, 6.07) is 6.39. The first-order valence-electron chi connectivity index (χ1n) is 11.0. The average Bonchev–Trinajstić information content (AvgIpc) is 3.43. The van der Waals surface area contributed by atoms with Crippen LogP contribution in [0.5, 0.6) is 0 Å². The van der Waals surface area contributed by atoms with E-state index in [1.54, 1.807) is 30.3 Å². The number of benzene rings is 1. The second kappa shape index (κ2) is 9.59. The molecule has 34 heavy (non-hydrogen) atoms. The molecule has 4 aromatic rings. The van der Waals surface area contributed by atoms with E-state index in [9.17, 15) is 9.18 Å². The molecule has 9 nitrogen and oxygen atoms in total. The van der Waals surface area contributed by atoms with Crippen molar-refractivity contribution in [2.24, 2.45) is 5.92 Å². The Kier molecular flexibility index (Phi) is 6.38. The quantitative estimate of drug-likeness (QED) is 0.353. The minimum Gasteiger partial charge on any atom is -0.383 e. The summed E-state index contributed by atoms with van der Waals surface area (Å²) in [6.07, 6.45) is 5.76. The van der Waals surface area contributed by atoms with Crippen LogP contribution < -0.4 is 10.6 Å². The van der Waals surface area contributed by atoms with Gasteiger partial charge in [0.15, 0.2) is 5.65 Å². The van der Waals surface area contributed by atoms with Crippen LogP contribution in [0.2, 0.25) is 0 Å². The number of hydrogen-bond acceptors (Lipinski definition) is 7. The summed E-state index contributed by atoms with van der Waals surface area (Å²) >= 11 is 3.47. The van der Waals surface area contributed by atoms with Gasteiger partial charge in [0, 0.05) is 37.2 Å². The zero-order valence-electron chi connectivity index (χ0n) is 18.5.